The highest BCUT2D eigenvalue weighted by Gasteiger charge is 2.36. The minimum absolute atomic E-state index is 0.000214. The number of nitrogens with one attached hydrogen (secondary N) is 1. The number of carbonyl (C=O) groups is 1. The number of aromatic nitrogens is 3. The van der Waals surface area contributed by atoms with Crippen molar-refractivity contribution in [3.05, 3.63) is 47.3 Å². The van der Waals surface area contributed by atoms with Gasteiger partial charge in [-0.25, -0.2) is 14.1 Å². The van der Waals surface area contributed by atoms with E-state index in [9.17, 15) is 9.18 Å². The van der Waals surface area contributed by atoms with Gasteiger partial charge >= 0.3 is 0 Å². The van der Waals surface area contributed by atoms with Gasteiger partial charge in [0.25, 0.3) is 0 Å². The Morgan fingerprint density at radius 2 is 2.08 bits per heavy atom. The normalized spacial score (nSPS) is 17.2. The number of hydrogen-bond donors (Lipinski definition) is 1. The standard InChI is InChI=1S/C20H27FN4O/c1-14(12-25-16(3)23-15(2)24-25)19(26)22-13-20(9-4-5-10-20)17-7-6-8-18(21)11-17/h6-8,11,14H,4-5,9-10,12-13H2,1-3H3,(H,22,26)/t14-/m0/s1. The molecule has 1 saturated carbocycles. The SMILES string of the molecule is Cc1nc(C)n(C[C@H](C)C(=O)NCC2(c3cccc(F)c3)CCCC2)n1. The van der Waals surface area contributed by atoms with Crippen LogP contribution in [0.4, 0.5) is 4.39 Å². The van der Waals surface area contributed by atoms with Crippen LogP contribution in [-0.4, -0.2) is 27.2 Å². The highest BCUT2D eigenvalue weighted by atomic mass is 19.1. The molecular formula is C20H27FN4O. The van der Waals surface area contributed by atoms with Gasteiger partial charge in [0.2, 0.25) is 5.91 Å². The van der Waals surface area contributed by atoms with Crippen LogP contribution in [0.3, 0.4) is 0 Å². The Kier molecular flexibility index (Phi) is 5.39. The lowest BCUT2D eigenvalue weighted by Gasteiger charge is -2.30. The van der Waals surface area contributed by atoms with Crippen molar-refractivity contribution in [1.29, 1.82) is 0 Å². The van der Waals surface area contributed by atoms with E-state index < -0.39 is 0 Å². The maximum absolute atomic E-state index is 13.7. The molecule has 5 nitrogen and oxygen atoms in total. The van der Waals surface area contributed by atoms with Crippen molar-refractivity contribution in [2.24, 2.45) is 5.92 Å². The first-order valence-electron chi connectivity index (χ1n) is 9.31. The predicted octanol–water partition coefficient (Wildman–Crippen LogP) is 3.30. The van der Waals surface area contributed by atoms with Crippen molar-refractivity contribution in [3.8, 4) is 0 Å². The Labute approximate surface area is 154 Å². The zero-order valence-corrected chi connectivity index (χ0v) is 15.8. The van der Waals surface area contributed by atoms with E-state index in [1.807, 2.05) is 26.8 Å². The van der Waals surface area contributed by atoms with E-state index in [4.69, 9.17) is 0 Å². The smallest absolute Gasteiger partial charge is 0.224 e. The molecule has 1 aromatic heterocycles. The van der Waals surface area contributed by atoms with Crippen molar-refractivity contribution in [1.82, 2.24) is 20.1 Å². The number of benzene rings is 1. The van der Waals surface area contributed by atoms with Gasteiger partial charge in [-0.2, -0.15) is 5.10 Å². The molecule has 1 aliphatic carbocycles. The van der Waals surface area contributed by atoms with E-state index in [2.05, 4.69) is 15.4 Å². The minimum Gasteiger partial charge on any atom is -0.355 e. The highest BCUT2D eigenvalue weighted by molar-refractivity contribution is 5.78. The highest BCUT2D eigenvalue weighted by Crippen LogP contribution is 2.40. The van der Waals surface area contributed by atoms with E-state index in [0.29, 0.717) is 18.9 Å². The summed E-state index contributed by atoms with van der Waals surface area (Å²) in [4.78, 5) is 16.9. The van der Waals surface area contributed by atoms with Crippen LogP contribution in [0.25, 0.3) is 0 Å². The van der Waals surface area contributed by atoms with E-state index in [-0.39, 0.29) is 23.1 Å². The molecule has 0 spiro atoms. The first kappa shape index (κ1) is 18.5. The molecule has 1 amide bonds. The molecule has 0 aliphatic heterocycles. The summed E-state index contributed by atoms with van der Waals surface area (Å²) in [5.41, 5.74) is 0.836. The van der Waals surface area contributed by atoms with Gasteiger partial charge in [0.15, 0.2) is 0 Å². The fourth-order valence-corrected chi connectivity index (χ4v) is 3.94. The summed E-state index contributed by atoms with van der Waals surface area (Å²) in [7, 11) is 0. The summed E-state index contributed by atoms with van der Waals surface area (Å²) < 4.78 is 15.5. The summed E-state index contributed by atoms with van der Waals surface area (Å²) in [5, 5.41) is 7.43. The van der Waals surface area contributed by atoms with Crippen LogP contribution in [0, 0.1) is 25.6 Å². The van der Waals surface area contributed by atoms with Gasteiger partial charge in [-0.15, -0.1) is 0 Å². The lowest BCUT2D eigenvalue weighted by atomic mass is 9.78. The Bertz CT molecular complexity index is 780. The molecule has 0 bridgehead atoms. The van der Waals surface area contributed by atoms with Crippen molar-refractivity contribution < 1.29 is 9.18 Å². The molecule has 1 aliphatic rings. The third kappa shape index (κ3) is 3.94. The van der Waals surface area contributed by atoms with Crippen LogP contribution in [0.1, 0.15) is 49.8 Å². The summed E-state index contributed by atoms with van der Waals surface area (Å²) in [6.45, 7) is 6.69. The number of rotatable bonds is 6. The average Bonchev–Trinajstić information content (AvgIpc) is 3.20. The maximum atomic E-state index is 13.7. The van der Waals surface area contributed by atoms with Crippen molar-refractivity contribution >= 4 is 5.91 Å². The monoisotopic (exact) mass is 358 g/mol. The van der Waals surface area contributed by atoms with Gasteiger partial charge in [-0.1, -0.05) is 31.9 Å². The summed E-state index contributed by atoms with van der Waals surface area (Å²) >= 11 is 0. The topological polar surface area (TPSA) is 59.8 Å². The number of amides is 1. The number of hydrogen-bond acceptors (Lipinski definition) is 3. The van der Waals surface area contributed by atoms with Gasteiger partial charge in [0, 0.05) is 12.0 Å². The predicted molar refractivity (Wildman–Crippen MR) is 98.2 cm³/mol. The Balaban J connectivity index is 1.65. The van der Waals surface area contributed by atoms with Crippen LogP contribution in [0.5, 0.6) is 0 Å². The van der Waals surface area contributed by atoms with Crippen LogP contribution in [0.15, 0.2) is 24.3 Å². The largest absolute Gasteiger partial charge is 0.355 e. The van der Waals surface area contributed by atoms with Gasteiger partial charge in [-0.3, -0.25) is 4.79 Å². The van der Waals surface area contributed by atoms with Gasteiger partial charge in [0.05, 0.1) is 12.5 Å². The second-order valence-corrected chi connectivity index (χ2v) is 7.50. The van der Waals surface area contributed by atoms with Crippen LogP contribution >= 0.6 is 0 Å². The van der Waals surface area contributed by atoms with E-state index in [1.54, 1.807) is 16.8 Å². The number of carbonyl (C=O) groups excluding carboxylic acids is 1. The lowest BCUT2D eigenvalue weighted by molar-refractivity contribution is -0.125. The second-order valence-electron chi connectivity index (χ2n) is 7.50. The van der Waals surface area contributed by atoms with Gasteiger partial charge < -0.3 is 5.32 Å². The lowest BCUT2D eigenvalue weighted by Crippen LogP contribution is -2.41. The average molecular weight is 358 g/mol. The fraction of sp³-hybridized carbons (Fsp3) is 0.550. The molecular weight excluding hydrogens is 331 g/mol. The molecule has 1 fully saturated rings. The summed E-state index contributed by atoms with van der Waals surface area (Å²) in [6, 6.07) is 6.81. The van der Waals surface area contributed by atoms with E-state index >= 15 is 0 Å². The minimum atomic E-state index is -0.217. The number of halogens is 1. The first-order valence-corrected chi connectivity index (χ1v) is 9.31. The van der Waals surface area contributed by atoms with Crippen LogP contribution in [0.2, 0.25) is 0 Å². The molecule has 140 valence electrons. The molecule has 1 heterocycles. The number of nitrogens with zero attached hydrogens (tertiary/aromatic N) is 3. The molecule has 0 saturated heterocycles. The second kappa shape index (κ2) is 7.56. The Hall–Kier alpha value is -2.24. The van der Waals surface area contributed by atoms with Gasteiger partial charge in [0.1, 0.15) is 17.5 Å². The summed E-state index contributed by atoms with van der Waals surface area (Å²) in [6.07, 6.45) is 4.18. The molecule has 1 aromatic carbocycles. The molecule has 3 rings (SSSR count). The van der Waals surface area contributed by atoms with Crippen molar-refractivity contribution in [2.45, 2.75) is 58.4 Å². The fourth-order valence-electron chi connectivity index (χ4n) is 3.94. The first-order chi connectivity index (χ1) is 12.4. The van der Waals surface area contributed by atoms with Crippen molar-refractivity contribution in [3.63, 3.8) is 0 Å². The number of aryl methyl sites for hydroxylation is 2. The van der Waals surface area contributed by atoms with Crippen LogP contribution in [-0.2, 0) is 16.8 Å². The molecule has 1 atom stereocenters. The zero-order chi connectivity index (χ0) is 18.7. The van der Waals surface area contributed by atoms with Crippen molar-refractivity contribution in [2.75, 3.05) is 6.54 Å². The molecule has 1 N–H and O–H groups in total. The quantitative estimate of drug-likeness (QED) is 0.862. The molecule has 0 unspecified atom stereocenters. The zero-order valence-electron chi connectivity index (χ0n) is 15.8. The van der Waals surface area contributed by atoms with E-state index in [1.165, 1.54) is 6.07 Å². The van der Waals surface area contributed by atoms with E-state index in [0.717, 1.165) is 37.1 Å². The molecule has 0 radical (unpaired) electrons. The summed E-state index contributed by atoms with van der Waals surface area (Å²) in [5.74, 6) is 1.10. The van der Waals surface area contributed by atoms with Crippen LogP contribution < -0.4 is 5.32 Å². The Morgan fingerprint density at radius 1 is 1.35 bits per heavy atom. The third-order valence-corrected chi connectivity index (χ3v) is 5.46. The molecule has 26 heavy (non-hydrogen) atoms. The Morgan fingerprint density at radius 3 is 2.69 bits per heavy atom. The third-order valence-electron chi connectivity index (χ3n) is 5.46. The molecule has 6 heteroatoms. The van der Waals surface area contributed by atoms with Gasteiger partial charge in [-0.05, 0) is 44.4 Å². The maximum Gasteiger partial charge on any atom is 0.224 e. The molecule has 2 aromatic rings.